The highest BCUT2D eigenvalue weighted by Crippen LogP contribution is 2.25. The van der Waals surface area contributed by atoms with Crippen molar-refractivity contribution < 1.29 is 0 Å². The molecule has 31 heavy (non-hydrogen) atoms. The Bertz CT molecular complexity index is 1200. The number of hydrogen-bond donors (Lipinski definition) is 3. The van der Waals surface area contributed by atoms with Crippen molar-refractivity contribution in [1.82, 2.24) is 4.98 Å². The van der Waals surface area contributed by atoms with Crippen LogP contribution in [0.15, 0.2) is 108 Å². The van der Waals surface area contributed by atoms with Crippen LogP contribution >= 0.6 is 34.9 Å². The molecule has 6 aromatic rings. The summed E-state index contributed by atoms with van der Waals surface area (Å²) in [5.41, 5.74) is 11.7. The highest BCUT2D eigenvalue weighted by atomic mass is 32.1. The molecule has 3 heterocycles. The molecule has 0 spiro atoms. The molecule has 0 saturated carbocycles. The summed E-state index contributed by atoms with van der Waals surface area (Å²) in [6.07, 6.45) is 0. The van der Waals surface area contributed by atoms with Gasteiger partial charge in [-0.05, 0) is 47.2 Å². The first-order valence-corrected chi connectivity index (χ1v) is 11.7. The third kappa shape index (κ3) is 6.93. The topological polar surface area (TPSA) is 67.8 Å². The largest absolute Gasteiger partial charge is 0.377 e. The molecule has 0 fully saturated rings. The van der Waals surface area contributed by atoms with Gasteiger partial charge >= 0.3 is 0 Å². The molecule has 0 aliphatic rings. The normalized spacial score (nSPS) is 9.68. The van der Waals surface area contributed by atoms with Crippen molar-refractivity contribution in [3.8, 4) is 0 Å². The van der Waals surface area contributed by atoms with Crippen LogP contribution in [0.5, 0.6) is 0 Å². The SMILES string of the molecule is NC(N)=S.c1cc2sccc2s1.c1ccc2c(c1)[nH]c1ccccc12.c1ccccc1. The molecule has 0 unspecified atom stereocenters. The smallest absolute Gasteiger partial charge is 0.160 e. The number of aromatic nitrogens is 1. The van der Waals surface area contributed by atoms with Crippen LogP contribution in [0.3, 0.4) is 0 Å². The van der Waals surface area contributed by atoms with Crippen LogP contribution in [0.1, 0.15) is 0 Å². The quantitative estimate of drug-likeness (QED) is 0.210. The van der Waals surface area contributed by atoms with Crippen LogP contribution in [-0.4, -0.2) is 10.1 Å². The number of nitrogens with one attached hydrogen (secondary N) is 1. The lowest BCUT2D eigenvalue weighted by molar-refractivity contribution is 1.55. The highest BCUT2D eigenvalue weighted by Gasteiger charge is 2.00. The molecule has 3 aromatic heterocycles. The van der Waals surface area contributed by atoms with Gasteiger partial charge in [0.1, 0.15) is 0 Å². The number of thiophene rings is 2. The average Bonchev–Trinajstić information content (AvgIpc) is 3.50. The Hall–Kier alpha value is -3.19. The first kappa shape index (κ1) is 22.5. The Kier molecular flexibility index (Phi) is 8.60. The molecule has 0 aliphatic carbocycles. The van der Waals surface area contributed by atoms with Gasteiger partial charge in [0, 0.05) is 31.2 Å². The van der Waals surface area contributed by atoms with E-state index in [0.717, 1.165) is 0 Å². The fraction of sp³-hybridized carbons (Fsp3) is 0. The van der Waals surface area contributed by atoms with Gasteiger partial charge in [-0.1, -0.05) is 72.8 Å². The minimum atomic E-state index is 0.000000000000000222. The Labute approximate surface area is 195 Å². The third-order valence-electron chi connectivity index (χ3n) is 4.15. The second-order valence-electron chi connectivity index (χ2n) is 6.34. The Morgan fingerprint density at radius 2 is 0.935 bits per heavy atom. The molecule has 0 amide bonds. The molecule has 0 bridgehead atoms. The van der Waals surface area contributed by atoms with Crippen molar-refractivity contribution in [1.29, 1.82) is 0 Å². The fourth-order valence-corrected chi connectivity index (χ4v) is 4.71. The minimum absolute atomic E-state index is 0.000000000000000222. The van der Waals surface area contributed by atoms with E-state index in [9.17, 15) is 0 Å². The van der Waals surface area contributed by atoms with Gasteiger partial charge in [0.05, 0.1) is 0 Å². The number of H-pyrrole nitrogens is 1. The summed E-state index contributed by atoms with van der Waals surface area (Å²) in [5, 5.41) is 6.86. The molecule has 6 heteroatoms. The second-order valence-corrected chi connectivity index (χ2v) is 8.71. The summed E-state index contributed by atoms with van der Waals surface area (Å²) in [4.78, 5) is 3.38. The van der Waals surface area contributed by atoms with Gasteiger partial charge in [0.2, 0.25) is 0 Å². The van der Waals surface area contributed by atoms with Crippen molar-refractivity contribution in [2.45, 2.75) is 0 Å². The van der Waals surface area contributed by atoms with Crippen molar-refractivity contribution in [3.63, 3.8) is 0 Å². The predicted octanol–water partition coefficient (Wildman–Crippen LogP) is 7.16. The number of thiocarbonyl (C=S) groups is 1. The van der Waals surface area contributed by atoms with Gasteiger partial charge in [-0.15, -0.1) is 22.7 Å². The molecule has 0 saturated heterocycles. The van der Waals surface area contributed by atoms with Gasteiger partial charge in [-0.3, -0.25) is 0 Å². The number of benzene rings is 3. The highest BCUT2D eigenvalue weighted by molar-refractivity contribution is 7.80. The number of rotatable bonds is 0. The molecular formula is C25H23N3S3. The van der Waals surface area contributed by atoms with Crippen molar-refractivity contribution >= 4 is 71.2 Å². The standard InChI is InChI=1S/C12H9N.C6H4S2.C6H6.CH4N2S/c1-3-7-11-9(5-1)10-6-2-4-8-12(10)13-11;1-3-7-6-2-4-8-5(1)6;1-2-4-6-5-3-1;2-1(3)4/h1-8,13H;1-4H;1-6H;(H4,2,3,4). The molecule has 0 aliphatic heterocycles. The Morgan fingerprint density at radius 1 is 0.581 bits per heavy atom. The summed E-state index contributed by atoms with van der Waals surface area (Å²) >= 11 is 7.70. The molecule has 6 rings (SSSR count). The molecule has 3 aromatic carbocycles. The van der Waals surface area contributed by atoms with E-state index in [0.29, 0.717) is 0 Å². The summed E-state index contributed by atoms with van der Waals surface area (Å²) in [5.74, 6) is 0. The lowest BCUT2D eigenvalue weighted by atomic mass is 10.2. The van der Waals surface area contributed by atoms with Crippen LogP contribution in [0, 0.1) is 0 Å². The second kappa shape index (κ2) is 11.9. The lowest BCUT2D eigenvalue weighted by Gasteiger charge is -1.87. The van der Waals surface area contributed by atoms with Gasteiger partial charge in [0.15, 0.2) is 5.11 Å². The van der Waals surface area contributed by atoms with Gasteiger partial charge in [-0.2, -0.15) is 0 Å². The Balaban J connectivity index is 0.000000130. The fourth-order valence-electron chi connectivity index (χ4n) is 2.88. The summed E-state index contributed by atoms with van der Waals surface area (Å²) in [6.45, 7) is 0. The van der Waals surface area contributed by atoms with Crippen molar-refractivity contribution in [2.75, 3.05) is 0 Å². The maximum absolute atomic E-state index is 4.62. The van der Waals surface area contributed by atoms with E-state index < -0.39 is 0 Å². The van der Waals surface area contributed by atoms with E-state index in [1.165, 1.54) is 31.2 Å². The van der Waals surface area contributed by atoms with E-state index in [4.69, 9.17) is 0 Å². The summed E-state index contributed by atoms with van der Waals surface area (Å²) < 4.78 is 2.82. The zero-order chi connectivity index (χ0) is 21.9. The van der Waals surface area contributed by atoms with Crippen LogP contribution in [-0.2, 0) is 0 Å². The van der Waals surface area contributed by atoms with Crippen LogP contribution in [0.2, 0.25) is 0 Å². The molecule has 3 nitrogen and oxygen atoms in total. The molecule has 156 valence electrons. The number of aromatic amines is 1. The number of para-hydroxylation sites is 2. The van der Waals surface area contributed by atoms with E-state index >= 15 is 0 Å². The average molecular weight is 462 g/mol. The lowest BCUT2D eigenvalue weighted by Crippen LogP contribution is -2.18. The van der Waals surface area contributed by atoms with E-state index in [-0.39, 0.29) is 5.11 Å². The molecule has 0 atom stereocenters. The van der Waals surface area contributed by atoms with Gasteiger partial charge < -0.3 is 16.5 Å². The summed E-state index contributed by atoms with van der Waals surface area (Å²) in [6, 6.07) is 33.1. The van der Waals surface area contributed by atoms with E-state index in [1.54, 1.807) is 22.7 Å². The Morgan fingerprint density at radius 3 is 1.32 bits per heavy atom. The van der Waals surface area contributed by atoms with Crippen molar-refractivity contribution in [2.24, 2.45) is 11.5 Å². The third-order valence-corrected chi connectivity index (χ3v) is 6.05. The maximum atomic E-state index is 4.62. The number of nitrogens with two attached hydrogens (primary N) is 2. The number of fused-ring (bicyclic) bond motifs is 4. The molecule has 5 N–H and O–H groups in total. The zero-order valence-electron chi connectivity index (χ0n) is 16.8. The zero-order valence-corrected chi connectivity index (χ0v) is 19.2. The molecule has 0 radical (unpaired) electrons. The van der Waals surface area contributed by atoms with Crippen molar-refractivity contribution in [3.05, 3.63) is 108 Å². The monoisotopic (exact) mass is 461 g/mol. The minimum Gasteiger partial charge on any atom is -0.377 e. The van der Waals surface area contributed by atoms with Crippen LogP contribution in [0.25, 0.3) is 31.2 Å². The van der Waals surface area contributed by atoms with Crippen LogP contribution in [0.4, 0.5) is 0 Å². The first-order valence-electron chi connectivity index (χ1n) is 9.56. The van der Waals surface area contributed by atoms with Gasteiger partial charge in [0.25, 0.3) is 0 Å². The van der Waals surface area contributed by atoms with E-state index in [2.05, 4.69) is 100 Å². The molecular weight excluding hydrogens is 438 g/mol. The predicted molar refractivity (Wildman–Crippen MR) is 143 cm³/mol. The van der Waals surface area contributed by atoms with E-state index in [1.807, 2.05) is 36.4 Å². The number of hydrogen-bond acceptors (Lipinski definition) is 3. The summed E-state index contributed by atoms with van der Waals surface area (Å²) in [7, 11) is 0. The van der Waals surface area contributed by atoms with Crippen LogP contribution < -0.4 is 11.5 Å². The first-order chi connectivity index (χ1) is 15.1. The van der Waals surface area contributed by atoms with Gasteiger partial charge in [-0.25, -0.2) is 0 Å². The maximum Gasteiger partial charge on any atom is 0.160 e.